The number of aliphatic imine (C=N–C) groups is 1. The number of amides is 1. The van der Waals surface area contributed by atoms with E-state index in [0.29, 0.717) is 17.8 Å². The lowest BCUT2D eigenvalue weighted by Gasteiger charge is -2.42. The third kappa shape index (κ3) is 3.96. The number of piperidine rings is 1. The standard InChI is InChI=1S/C26H26FN5O2/c1-17-11-21(7-8-22(17)27)32-25(33)14-28-26-20(5-4-10-31(26)32)12-19-6-9-23(24(13-19)34-3)30-15-18(2)29-16-30/h6-9,11-13,15-16H,4-5,10,14H2,1-3H3/b20-12+. The average Bonchev–Trinajstić information content (AvgIpc) is 3.27. The van der Waals surface area contributed by atoms with Crippen molar-refractivity contribution in [2.75, 3.05) is 25.2 Å². The number of anilines is 1. The smallest absolute Gasteiger partial charge is 0.267 e. The van der Waals surface area contributed by atoms with E-state index in [9.17, 15) is 9.18 Å². The topological polar surface area (TPSA) is 63.0 Å². The summed E-state index contributed by atoms with van der Waals surface area (Å²) < 4.78 is 21.4. The van der Waals surface area contributed by atoms with Crippen LogP contribution in [0.2, 0.25) is 0 Å². The highest BCUT2D eigenvalue weighted by atomic mass is 19.1. The van der Waals surface area contributed by atoms with Crippen LogP contribution in [0.5, 0.6) is 5.75 Å². The lowest BCUT2D eigenvalue weighted by Crippen LogP contribution is -2.56. The molecule has 0 bridgehead atoms. The van der Waals surface area contributed by atoms with Gasteiger partial charge in [0.2, 0.25) is 0 Å². The van der Waals surface area contributed by atoms with Crippen LogP contribution in [0.3, 0.4) is 0 Å². The van der Waals surface area contributed by atoms with Crippen molar-refractivity contribution in [3.8, 4) is 11.4 Å². The zero-order valence-corrected chi connectivity index (χ0v) is 19.5. The number of rotatable bonds is 4. The molecule has 0 aliphatic carbocycles. The number of ether oxygens (including phenoxy) is 1. The number of benzene rings is 2. The lowest BCUT2D eigenvalue weighted by atomic mass is 10.00. The van der Waals surface area contributed by atoms with E-state index in [-0.39, 0.29) is 18.3 Å². The van der Waals surface area contributed by atoms with Gasteiger partial charge < -0.3 is 9.30 Å². The molecule has 34 heavy (non-hydrogen) atoms. The Morgan fingerprint density at radius 2 is 2.00 bits per heavy atom. The van der Waals surface area contributed by atoms with Crippen molar-refractivity contribution in [3.63, 3.8) is 0 Å². The minimum absolute atomic E-state index is 0.0574. The van der Waals surface area contributed by atoms with Gasteiger partial charge in [0.1, 0.15) is 23.9 Å². The van der Waals surface area contributed by atoms with Crippen LogP contribution in [0.1, 0.15) is 29.7 Å². The number of halogens is 1. The highest BCUT2D eigenvalue weighted by molar-refractivity contribution is 6.10. The molecule has 2 aliphatic heterocycles. The number of hydrazine groups is 1. The fourth-order valence-electron chi connectivity index (χ4n) is 4.46. The van der Waals surface area contributed by atoms with Crippen molar-refractivity contribution in [2.45, 2.75) is 26.7 Å². The van der Waals surface area contributed by atoms with Gasteiger partial charge in [-0.3, -0.25) is 14.8 Å². The molecule has 0 spiro atoms. The zero-order chi connectivity index (χ0) is 23.8. The molecule has 0 radical (unpaired) electrons. The first-order valence-electron chi connectivity index (χ1n) is 11.3. The van der Waals surface area contributed by atoms with Gasteiger partial charge in [0.25, 0.3) is 5.91 Å². The summed E-state index contributed by atoms with van der Waals surface area (Å²) in [7, 11) is 1.65. The fourth-order valence-corrected chi connectivity index (χ4v) is 4.46. The number of carbonyl (C=O) groups excluding carboxylic acids is 1. The quantitative estimate of drug-likeness (QED) is 0.577. The Morgan fingerprint density at radius 3 is 2.74 bits per heavy atom. The molecule has 0 saturated carbocycles. The predicted octanol–water partition coefficient (Wildman–Crippen LogP) is 4.48. The van der Waals surface area contributed by atoms with Crippen molar-refractivity contribution in [2.24, 2.45) is 4.99 Å². The molecule has 1 aromatic heterocycles. The van der Waals surface area contributed by atoms with Crippen molar-refractivity contribution >= 4 is 23.5 Å². The Balaban J connectivity index is 1.48. The van der Waals surface area contributed by atoms with Crippen molar-refractivity contribution < 1.29 is 13.9 Å². The number of hydrogen-bond acceptors (Lipinski definition) is 5. The summed E-state index contributed by atoms with van der Waals surface area (Å²) in [6.07, 6.45) is 7.54. The van der Waals surface area contributed by atoms with E-state index in [1.54, 1.807) is 37.5 Å². The SMILES string of the molecule is COc1cc(/C=C2\CCCN3C2=NCC(=O)N3c2ccc(F)c(C)c2)ccc1-n1cnc(C)c1. The molecule has 5 rings (SSSR count). The molecule has 1 fully saturated rings. The molecular formula is C26H26FN5O2. The van der Waals surface area contributed by atoms with Gasteiger partial charge in [0, 0.05) is 12.7 Å². The Labute approximate surface area is 197 Å². The Hall–Kier alpha value is -3.94. The van der Waals surface area contributed by atoms with Crippen molar-refractivity contribution in [1.82, 2.24) is 14.6 Å². The minimum atomic E-state index is -0.287. The zero-order valence-electron chi connectivity index (χ0n) is 19.5. The van der Waals surface area contributed by atoms with Crippen LogP contribution in [0, 0.1) is 19.7 Å². The number of hydrogen-bond donors (Lipinski definition) is 0. The Morgan fingerprint density at radius 1 is 1.15 bits per heavy atom. The number of methoxy groups -OCH3 is 1. The average molecular weight is 460 g/mol. The molecule has 1 amide bonds. The summed E-state index contributed by atoms with van der Waals surface area (Å²) in [5.41, 5.74) is 5.03. The number of imidazole rings is 1. The molecule has 8 heteroatoms. The molecule has 3 aromatic rings. The van der Waals surface area contributed by atoms with E-state index in [1.807, 2.05) is 40.9 Å². The number of nitrogens with zero attached hydrogens (tertiary/aromatic N) is 5. The monoisotopic (exact) mass is 459 g/mol. The second kappa shape index (κ2) is 8.78. The fraction of sp³-hybridized carbons (Fsp3) is 0.269. The number of fused-ring (bicyclic) bond motifs is 1. The largest absolute Gasteiger partial charge is 0.495 e. The Bertz CT molecular complexity index is 1330. The maximum atomic E-state index is 13.8. The second-order valence-electron chi connectivity index (χ2n) is 8.53. The molecule has 7 nitrogen and oxygen atoms in total. The van der Waals surface area contributed by atoms with Gasteiger partial charge in [-0.1, -0.05) is 6.07 Å². The molecular weight excluding hydrogens is 433 g/mol. The lowest BCUT2D eigenvalue weighted by molar-refractivity contribution is -0.119. The van der Waals surface area contributed by atoms with Gasteiger partial charge in [-0.25, -0.2) is 14.4 Å². The molecule has 1 saturated heterocycles. The molecule has 0 unspecified atom stereocenters. The summed E-state index contributed by atoms with van der Waals surface area (Å²) in [4.78, 5) is 21.7. The van der Waals surface area contributed by atoms with Crippen LogP contribution < -0.4 is 9.75 Å². The predicted molar refractivity (Wildman–Crippen MR) is 130 cm³/mol. The minimum Gasteiger partial charge on any atom is -0.495 e. The normalized spacial score (nSPS) is 17.1. The highest BCUT2D eigenvalue weighted by Crippen LogP contribution is 2.31. The molecule has 0 atom stereocenters. The maximum absolute atomic E-state index is 13.8. The maximum Gasteiger partial charge on any atom is 0.267 e. The Kier molecular flexibility index (Phi) is 5.65. The van der Waals surface area contributed by atoms with Crippen LogP contribution in [-0.2, 0) is 4.79 Å². The van der Waals surface area contributed by atoms with E-state index < -0.39 is 0 Å². The molecule has 174 valence electrons. The van der Waals surface area contributed by atoms with Crippen LogP contribution in [-0.4, -0.2) is 46.5 Å². The first-order valence-corrected chi connectivity index (χ1v) is 11.3. The third-order valence-electron chi connectivity index (χ3n) is 6.11. The van der Waals surface area contributed by atoms with Gasteiger partial charge in [0.05, 0.1) is 30.5 Å². The summed E-state index contributed by atoms with van der Waals surface area (Å²) in [5, 5.41) is 3.54. The first kappa shape index (κ1) is 21.9. The highest BCUT2D eigenvalue weighted by Gasteiger charge is 2.34. The number of aryl methyl sites for hydroxylation is 2. The van der Waals surface area contributed by atoms with Crippen LogP contribution in [0.25, 0.3) is 11.8 Å². The third-order valence-corrected chi connectivity index (χ3v) is 6.11. The van der Waals surface area contributed by atoms with Gasteiger partial charge in [0.15, 0.2) is 0 Å². The van der Waals surface area contributed by atoms with Crippen LogP contribution in [0.4, 0.5) is 10.1 Å². The van der Waals surface area contributed by atoms with Crippen molar-refractivity contribution in [3.05, 3.63) is 77.1 Å². The van der Waals surface area contributed by atoms with E-state index in [0.717, 1.165) is 46.9 Å². The summed E-state index contributed by atoms with van der Waals surface area (Å²) in [5.74, 6) is 1.10. The van der Waals surface area contributed by atoms with E-state index >= 15 is 0 Å². The second-order valence-corrected chi connectivity index (χ2v) is 8.53. The van der Waals surface area contributed by atoms with E-state index in [1.165, 1.54) is 6.07 Å². The molecule has 0 N–H and O–H groups in total. The van der Waals surface area contributed by atoms with Crippen LogP contribution in [0.15, 0.2) is 59.5 Å². The van der Waals surface area contributed by atoms with Gasteiger partial charge in [-0.15, -0.1) is 0 Å². The number of carbonyl (C=O) groups is 1. The van der Waals surface area contributed by atoms with Gasteiger partial charge in [-0.2, -0.15) is 0 Å². The summed E-state index contributed by atoms with van der Waals surface area (Å²) in [6, 6.07) is 10.8. The number of aromatic nitrogens is 2. The van der Waals surface area contributed by atoms with Gasteiger partial charge >= 0.3 is 0 Å². The molecule has 2 aliphatic rings. The van der Waals surface area contributed by atoms with Crippen LogP contribution >= 0.6 is 0 Å². The van der Waals surface area contributed by atoms with Gasteiger partial charge in [-0.05, 0) is 79.8 Å². The van der Waals surface area contributed by atoms with E-state index in [2.05, 4.69) is 16.1 Å². The van der Waals surface area contributed by atoms with Crippen molar-refractivity contribution in [1.29, 1.82) is 0 Å². The summed E-state index contributed by atoms with van der Waals surface area (Å²) >= 11 is 0. The number of amidine groups is 1. The summed E-state index contributed by atoms with van der Waals surface area (Å²) in [6.45, 7) is 4.37. The molecule has 3 heterocycles. The first-order chi connectivity index (χ1) is 16.4. The molecule has 2 aromatic carbocycles. The van der Waals surface area contributed by atoms with E-state index in [4.69, 9.17) is 4.74 Å².